The second kappa shape index (κ2) is 7.43. The molecule has 0 radical (unpaired) electrons. The zero-order valence-electron chi connectivity index (χ0n) is 15.8. The van der Waals surface area contributed by atoms with E-state index < -0.39 is 25.5 Å². The van der Waals surface area contributed by atoms with Gasteiger partial charge < -0.3 is 4.18 Å². The first-order valence-corrected chi connectivity index (χ1v) is 11.8. The minimum absolute atomic E-state index is 0.0875. The van der Waals surface area contributed by atoms with Crippen molar-refractivity contribution < 1.29 is 21.0 Å². The lowest BCUT2D eigenvalue weighted by Gasteiger charge is -2.15. The molecule has 0 spiro atoms. The molecule has 1 aromatic heterocycles. The average Bonchev–Trinajstić information content (AvgIpc) is 2.52. The summed E-state index contributed by atoms with van der Waals surface area (Å²) in [5.41, 5.74) is 0.505. The van der Waals surface area contributed by atoms with Crippen LogP contribution in [-0.2, 0) is 26.5 Å². The third-order valence-corrected chi connectivity index (χ3v) is 5.27. The fourth-order valence-electron chi connectivity index (χ4n) is 2.48. The summed E-state index contributed by atoms with van der Waals surface area (Å²) in [6, 6.07) is 5.97. The molecule has 2 rings (SSSR count). The molecular weight excluding hydrogens is 392 g/mol. The molecule has 0 saturated carbocycles. The van der Waals surface area contributed by atoms with E-state index in [4.69, 9.17) is 4.18 Å². The number of hydrogen-bond donors (Lipinski definition) is 0. The van der Waals surface area contributed by atoms with E-state index in [-0.39, 0.29) is 28.7 Å². The van der Waals surface area contributed by atoms with Crippen LogP contribution in [0.3, 0.4) is 0 Å². The summed E-state index contributed by atoms with van der Waals surface area (Å²) in [5, 5.41) is 4.34. The molecule has 1 aromatic carbocycles. The lowest BCUT2D eigenvalue weighted by molar-refractivity contribution is 0.440. The molecule has 0 aliphatic rings. The number of hydrogen-bond acceptors (Lipinski definition) is 7. The van der Waals surface area contributed by atoms with E-state index in [0.29, 0.717) is 11.3 Å². The van der Waals surface area contributed by atoms with Crippen molar-refractivity contribution in [3.05, 3.63) is 40.2 Å². The molecule has 0 atom stereocenters. The van der Waals surface area contributed by atoms with Crippen LogP contribution in [0.2, 0.25) is 0 Å². The molecule has 8 nitrogen and oxygen atoms in total. The Bertz CT molecular complexity index is 1120. The van der Waals surface area contributed by atoms with Gasteiger partial charge in [0.25, 0.3) is 0 Å². The highest BCUT2D eigenvalue weighted by atomic mass is 32.2. The molecule has 1 heterocycles. The van der Waals surface area contributed by atoms with Gasteiger partial charge in [0.2, 0.25) is 5.75 Å². The van der Waals surface area contributed by atoms with Crippen LogP contribution in [0.4, 0.5) is 0 Å². The van der Waals surface area contributed by atoms with E-state index in [1.807, 2.05) is 13.8 Å². The summed E-state index contributed by atoms with van der Waals surface area (Å²) in [7, 11) is -7.27. The van der Waals surface area contributed by atoms with Crippen molar-refractivity contribution in [2.24, 2.45) is 5.92 Å². The molecule has 148 valence electrons. The maximum atomic E-state index is 12.6. The maximum absolute atomic E-state index is 12.6. The largest absolute Gasteiger partial charge is 0.376 e. The van der Waals surface area contributed by atoms with E-state index in [0.717, 1.165) is 17.2 Å². The molecule has 10 heteroatoms. The smallest absolute Gasteiger partial charge is 0.311 e. The zero-order valence-corrected chi connectivity index (χ0v) is 17.4. The molecule has 0 aliphatic carbocycles. The van der Waals surface area contributed by atoms with Crippen molar-refractivity contribution in [2.75, 3.05) is 12.5 Å². The van der Waals surface area contributed by atoms with Gasteiger partial charge in [-0.25, -0.2) is 13.1 Å². The van der Waals surface area contributed by atoms with Crippen LogP contribution >= 0.6 is 0 Å². The van der Waals surface area contributed by atoms with E-state index in [1.165, 1.54) is 19.1 Å². The van der Waals surface area contributed by atoms with Gasteiger partial charge in [-0.2, -0.15) is 13.5 Å². The van der Waals surface area contributed by atoms with Gasteiger partial charge in [0, 0.05) is 23.9 Å². The molecule has 0 bridgehead atoms. The molecule has 0 unspecified atom stereocenters. The third kappa shape index (κ3) is 5.16. The molecule has 0 amide bonds. The van der Waals surface area contributed by atoms with Gasteiger partial charge in [-0.05, 0) is 25.0 Å². The van der Waals surface area contributed by atoms with Gasteiger partial charge in [-0.1, -0.05) is 26.0 Å². The van der Waals surface area contributed by atoms with Gasteiger partial charge in [0.15, 0.2) is 9.84 Å². The fraction of sp³-hybridized carbons (Fsp3) is 0.412. The fourth-order valence-corrected chi connectivity index (χ4v) is 3.61. The monoisotopic (exact) mass is 414 g/mol. The van der Waals surface area contributed by atoms with E-state index in [9.17, 15) is 21.6 Å². The summed E-state index contributed by atoms with van der Waals surface area (Å²) in [6.45, 7) is 5.60. The topological polar surface area (TPSA) is 112 Å². The van der Waals surface area contributed by atoms with Crippen LogP contribution in [-0.4, -0.2) is 39.1 Å². The van der Waals surface area contributed by atoms with Crippen molar-refractivity contribution in [3.63, 3.8) is 0 Å². The Kier molecular flexibility index (Phi) is 5.81. The predicted octanol–water partition coefficient (Wildman–Crippen LogP) is 1.62. The Balaban J connectivity index is 2.71. The minimum atomic E-state index is -3.91. The van der Waals surface area contributed by atoms with Crippen LogP contribution in [0.25, 0.3) is 11.3 Å². The summed E-state index contributed by atoms with van der Waals surface area (Å²) >= 11 is 0. The molecular formula is C17H22N2O6S2. The number of aromatic nitrogens is 2. The zero-order chi connectivity index (χ0) is 20.6. The Hall–Kier alpha value is -2.20. The van der Waals surface area contributed by atoms with Crippen LogP contribution in [0, 0.1) is 12.8 Å². The standard InChI is InChI=1S/C17H22N2O6S2/c1-11(2)10-19-17(20)16(25-27(5,23)24)12(3)15(18-19)13-6-8-14(9-7-13)26(4,21)22/h6-9,11H,10H2,1-5H3. The van der Waals surface area contributed by atoms with Crippen LogP contribution in [0.15, 0.2) is 34.0 Å². The Labute approximate surface area is 158 Å². The summed E-state index contributed by atoms with van der Waals surface area (Å²) < 4.78 is 52.5. The van der Waals surface area contributed by atoms with Gasteiger partial charge in [-0.15, -0.1) is 0 Å². The summed E-state index contributed by atoms with van der Waals surface area (Å²) in [6.07, 6.45) is 1.96. The first-order valence-electron chi connectivity index (χ1n) is 8.11. The summed E-state index contributed by atoms with van der Waals surface area (Å²) in [5.74, 6) is -0.222. The number of sulfone groups is 1. The predicted molar refractivity (Wildman–Crippen MR) is 102 cm³/mol. The Morgan fingerprint density at radius 1 is 1.07 bits per heavy atom. The van der Waals surface area contributed by atoms with Crippen molar-refractivity contribution in [2.45, 2.75) is 32.2 Å². The third-order valence-electron chi connectivity index (χ3n) is 3.67. The molecule has 27 heavy (non-hydrogen) atoms. The molecule has 2 aromatic rings. The van der Waals surface area contributed by atoms with E-state index in [2.05, 4.69) is 5.10 Å². The van der Waals surface area contributed by atoms with Gasteiger partial charge in [-0.3, -0.25) is 4.79 Å². The van der Waals surface area contributed by atoms with Gasteiger partial charge in [0.1, 0.15) is 0 Å². The molecule has 0 aliphatic heterocycles. The van der Waals surface area contributed by atoms with Crippen molar-refractivity contribution in [1.29, 1.82) is 0 Å². The SMILES string of the molecule is Cc1c(-c2ccc(S(C)(=O)=O)cc2)nn(CC(C)C)c(=O)c1OS(C)(=O)=O. The highest BCUT2D eigenvalue weighted by Crippen LogP contribution is 2.27. The van der Waals surface area contributed by atoms with Crippen molar-refractivity contribution in [1.82, 2.24) is 9.78 Å². The first kappa shape index (κ1) is 21.1. The van der Waals surface area contributed by atoms with E-state index >= 15 is 0 Å². The second-order valence-corrected chi connectivity index (χ2v) is 10.4. The summed E-state index contributed by atoms with van der Waals surface area (Å²) in [4.78, 5) is 12.7. The quantitative estimate of drug-likeness (QED) is 0.660. The molecule has 0 saturated heterocycles. The normalized spacial score (nSPS) is 12.4. The van der Waals surface area contributed by atoms with Crippen molar-refractivity contribution >= 4 is 20.0 Å². The molecule has 0 N–H and O–H groups in total. The number of nitrogens with zero attached hydrogens (tertiary/aromatic N) is 2. The highest BCUT2D eigenvalue weighted by molar-refractivity contribution is 7.90. The number of rotatable bonds is 6. The Morgan fingerprint density at radius 2 is 1.63 bits per heavy atom. The minimum Gasteiger partial charge on any atom is -0.376 e. The van der Waals surface area contributed by atoms with Gasteiger partial charge >= 0.3 is 15.7 Å². The van der Waals surface area contributed by atoms with E-state index in [1.54, 1.807) is 12.1 Å². The Morgan fingerprint density at radius 3 is 2.07 bits per heavy atom. The number of benzene rings is 1. The van der Waals surface area contributed by atoms with Crippen molar-refractivity contribution in [3.8, 4) is 17.0 Å². The van der Waals surface area contributed by atoms with Crippen LogP contribution in [0.5, 0.6) is 5.75 Å². The van der Waals surface area contributed by atoms with Gasteiger partial charge in [0.05, 0.1) is 16.8 Å². The first-order chi connectivity index (χ1) is 12.3. The maximum Gasteiger partial charge on any atom is 0.311 e. The highest BCUT2D eigenvalue weighted by Gasteiger charge is 2.21. The average molecular weight is 415 g/mol. The van der Waals surface area contributed by atoms with Crippen LogP contribution < -0.4 is 9.74 Å². The lowest BCUT2D eigenvalue weighted by atomic mass is 10.1. The lowest BCUT2D eigenvalue weighted by Crippen LogP contribution is -2.29. The molecule has 0 fully saturated rings. The van der Waals surface area contributed by atoms with Crippen LogP contribution in [0.1, 0.15) is 19.4 Å². The second-order valence-electron chi connectivity index (χ2n) is 6.77.